The maximum Gasteiger partial charge on any atom is 0.253 e. The first-order valence-corrected chi connectivity index (χ1v) is 9.64. The normalized spacial score (nSPS) is 17.5. The van der Waals surface area contributed by atoms with Gasteiger partial charge in [0.2, 0.25) is 0 Å². The maximum absolute atomic E-state index is 12.3. The van der Waals surface area contributed by atoms with Crippen molar-refractivity contribution in [3.63, 3.8) is 0 Å². The van der Waals surface area contributed by atoms with Crippen molar-refractivity contribution < 1.29 is 9.90 Å². The lowest BCUT2D eigenvalue weighted by atomic mass is 10.0. The van der Waals surface area contributed by atoms with E-state index in [0.29, 0.717) is 12.1 Å². The molecule has 0 aromatic carbocycles. The first-order chi connectivity index (χ1) is 12.2. The minimum Gasteiger partial charge on any atom is -0.394 e. The molecule has 3 rings (SSSR count). The van der Waals surface area contributed by atoms with E-state index in [1.165, 1.54) is 0 Å². The predicted octanol–water partition coefficient (Wildman–Crippen LogP) is 2.38. The van der Waals surface area contributed by atoms with Gasteiger partial charge in [-0.05, 0) is 37.8 Å². The van der Waals surface area contributed by atoms with Crippen molar-refractivity contribution in [3.8, 4) is 0 Å². The molecule has 0 spiro atoms. The molecule has 25 heavy (non-hydrogen) atoms. The molecule has 7 heteroatoms. The summed E-state index contributed by atoms with van der Waals surface area (Å²) in [6, 6.07) is 3.78. The Morgan fingerprint density at radius 2 is 2.32 bits per heavy atom. The summed E-state index contributed by atoms with van der Waals surface area (Å²) in [5.74, 6) is 0.674. The largest absolute Gasteiger partial charge is 0.394 e. The van der Waals surface area contributed by atoms with Gasteiger partial charge in [-0.25, -0.2) is 9.97 Å². The van der Waals surface area contributed by atoms with Crippen LogP contribution in [0.25, 0.3) is 0 Å². The predicted molar refractivity (Wildman–Crippen MR) is 99.0 cm³/mol. The fraction of sp³-hybridized carbons (Fsp3) is 0.500. The van der Waals surface area contributed by atoms with E-state index in [0.717, 1.165) is 48.7 Å². The summed E-state index contributed by atoms with van der Waals surface area (Å²) in [4.78, 5) is 23.3. The highest BCUT2D eigenvalue weighted by atomic mass is 32.1. The number of carbonyl (C=O) groups is 1. The van der Waals surface area contributed by atoms with Crippen molar-refractivity contribution in [1.82, 2.24) is 15.3 Å². The van der Waals surface area contributed by atoms with E-state index in [1.54, 1.807) is 23.6 Å². The number of aliphatic hydroxyl groups excluding tert-OH is 1. The van der Waals surface area contributed by atoms with Gasteiger partial charge in [0.1, 0.15) is 10.8 Å². The fourth-order valence-corrected chi connectivity index (χ4v) is 3.85. The summed E-state index contributed by atoms with van der Waals surface area (Å²) in [5, 5.41) is 15.3. The van der Waals surface area contributed by atoms with E-state index in [1.807, 2.05) is 11.4 Å². The van der Waals surface area contributed by atoms with Gasteiger partial charge in [-0.1, -0.05) is 6.92 Å². The number of aliphatic hydroxyl groups is 1. The van der Waals surface area contributed by atoms with Gasteiger partial charge in [-0.3, -0.25) is 4.79 Å². The lowest BCUT2D eigenvalue weighted by Gasteiger charge is -2.35. The fourth-order valence-electron chi connectivity index (χ4n) is 3.03. The van der Waals surface area contributed by atoms with Crippen molar-refractivity contribution in [2.45, 2.75) is 45.2 Å². The van der Waals surface area contributed by atoms with Crippen molar-refractivity contribution >= 4 is 23.1 Å². The van der Waals surface area contributed by atoms with Crippen LogP contribution in [0.3, 0.4) is 0 Å². The molecule has 1 unspecified atom stereocenters. The molecule has 2 aromatic rings. The van der Waals surface area contributed by atoms with Gasteiger partial charge < -0.3 is 15.3 Å². The van der Waals surface area contributed by atoms with Gasteiger partial charge in [0.15, 0.2) is 0 Å². The second kappa shape index (κ2) is 8.40. The minimum absolute atomic E-state index is 0.124. The van der Waals surface area contributed by atoms with E-state index in [4.69, 9.17) is 0 Å². The molecule has 0 radical (unpaired) electrons. The number of amides is 1. The Bertz CT molecular complexity index is 701. The smallest absolute Gasteiger partial charge is 0.253 e. The molecule has 1 aliphatic heterocycles. The molecule has 1 amide bonds. The van der Waals surface area contributed by atoms with Crippen LogP contribution >= 0.6 is 11.3 Å². The van der Waals surface area contributed by atoms with Crippen molar-refractivity contribution in [1.29, 1.82) is 0 Å². The number of aryl methyl sites for hydroxylation is 1. The van der Waals surface area contributed by atoms with Crippen LogP contribution in [0.15, 0.2) is 23.7 Å². The standard InChI is InChI=1S/C18H24N4O2S/c1-2-14-12-25-17(21-14)10-20-18(24)13-6-7-16(19-9-13)22-8-4-3-5-15(22)11-23/h6-7,9,12,15,23H,2-5,8,10-11H2,1H3,(H,20,24). The number of rotatable bonds is 6. The number of pyridine rings is 1. The van der Waals surface area contributed by atoms with Crippen LogP contribution in [-0.2, 0) is 13.0 Å². The Balaban J connectivity index is 1.60. The highest BCUT2D eigenvalue weighted by Crippen LogP contribution is 2.23. The summed E-state index contributed by atoms with van der Waals surface area (Å²) in [7, 11) is 0. The number of piperidine rings is 1. The van der Waals surface area contributed by atoms with Crippen LogP contribution in [0.4, 0.5) is 5.82 Å². The first-order valence-electron chi connectivity index (χ1n) is 8.76. The second-order valence-corrected chi connectivity index (χ2v) is 7.14. The lowest BCUT2D eigenvalue weighted by molar-refractivity contribution is 0.0950. The Kier molecular flexibility index (Phi) is 5.99. The molecule has 2 aromatic heterocycles. The van der Waals surface area contributed by atoms with Gasteiger partial charge >= 0.3 is 0 Å². The van der Waals surface area contributed by atoms with E-state index in [2.05, 4.69) is 27.1 Å². The summed E-state index contributed by atoms with van der Waals surface area (Å²) < 4.78 is 0. The molecular formula is C18H24N4O2S. The molecule has 134 valence electrons. The zero-order valence-corrected chi connectivity index (χ0v) is 15.3. The summed E-state index contributed by atoms with van der Waals surface area (Å²) in [6.07, 6.45) is 5.73. The van der Waals surface area contributed by atoms with Crippen LogP contribution in [0, 0.1) is 0 Å². The number of aromatic nitrogens is 2. The van der Waals surface area contributed by atoms with Crippen LogP contribution in [-0.4, -0.2) is 40.2 Å². The van der Waals surface area contributed by atoms with Crippen molar-refractivity contribution in [2.24, 2.45) is 0 Å². The third-order valence-electron chi connectivity index (χ3n) is 4.50. The number of nitrogens with one attached hydrogen (secondary N) is 1. The third-order valence-corrected chi connectivity index (χ3v) is 5.40. The monoisotopic (exact) mass is 360 g/mol. The van der Waals surface area contributed by atoms with Gasteiger partial charge in [-0.2, -0.15) is 0 Å². The molecule has 1 atom stereocenters. The topological polar surface area (TPSA) is 78.4 Å². The number of anilines is 1. The first kappa shape index (κ1) is 17.8. The molecule has 0 bridgehead atoms. The van der Waals surface area contributed by atoms with Crippen LogP contribution in [0.2, 0.25) is 0 Å². The van der Waals surface area contributed by atoms with Gasteiger partial charge in [0.25, 0.3) is 5.91 Å². The number of nitrogens with zero attached hydrogens (tertiary/aromatic N) is 3. The number of hydrogen-bond acceptors (Lipinski definition) is 6. The van der Waals surface area contributed by atoms with E-state index >= 15 is 0 Å². The third kappa shape index (κ3) is 4.35. The number of hydrogen-bond donors (Lipinski definition) is 2. The van der Waals surface area contributed by atoms with Gasteiger partial charge in [0, 0.05) is 18.1 Å². The Labute approximate surface area is 151 Å². The highest BCUT2D eigenvalue weighted by Gasteiger charge is 2.22. The molecule has 6 nitrogen and oxygen atoms in total. The van der Waals surface area contributed by atoms with E-state index < -0.39 is 0 Å². The molecule has 3 heterocycles. The van der Waals surface area contributed by atoms with E-state index in [-0.39, 0.29) is 18.6 Å². The number of thiazole rings is 1. The highest BCUT2D eigenvalue weighted by molar-refractivity contribution is 7.09. The summed E-state index contributed by atoms with van der Waals surface area (Å²) >= 11 is 1.56. The summed E-state index contributed by atoms with van der Waals surface area (Å²) in [6.45, 7) is 3.53. The van der Waals surface area contributed by atoms with Crippen LogP contribution in [0.1, 0.15) is 47.2 Å². The second-order valence-electron chi connectivity index (χ2n) is 6.20. The Hall–Kier alpha value is -1.99. The van der Waals surface area contributed by atoms with Gasteiger partial charge in [-0.15, -0.1) is 11.3 Å². The number of carbonyl (C=O) groups excluding carboxylic acids is 1. The van der Waals surface area contributed by atoms with Crippen LogP contribution < -0.4 is 10.2 Å². The zero-order chi connectivity index (χ0) is 17.6. The maximum atomic E-state index is 12.3. The molecule has 1 fully saturated rings. The minimum atomic E-state index is -0.148. The van der Waals surface area contributed by atoms with Crippen LogP contribution in [0.5, 0.6) is 0 Å². The average molecular weight is 360 g/mol. The molecule has 2 N–H and O–H groups in total. The average Bonchev–Trinajstić information content (AvgIpc) is 3.14. The lowest BCUT2D eigenvalue weighted by Crippen LogP contribution is -2.42. The zero-order valence-electron chi connectivity index (χ0n) is 14.4. The molecular weight excluding hydrogens is 336 g/mol. The van der Waals surface area contributed by atoms with Gasteiger partial charge in [0.05, 0.1) is 30.5 Å². The summed E-state index contributed by atoms with van der Waals surface area (Å²) in [5.41, 5.74) is 1.59. The molecule has 1 aliphatic rings. The quantitative estimate of drug-likeness (QED) is 0.827. The van der Waals surface area contributed by atoms with Crippen molar-refractivity contribution in [2.75, 3.05) is 18.1 Å². The SMILES string of the molecule is CCc1csc(CNC(=O)c2ccc(N3CCCCC3CO)nc2)n1. The van der Waals surface area contributed by atoms with Crippen molar-refractivity contribution in [3.05, 3.63) is 40.0 Å². The molecule has 0 aliphatic carbocycles. The Morgan fingerprint density at radius 3 is 3.00 bits per heavy atom. The molecule has 1 saturated heterocycles. The molecule has 0 saturated carbocycles. The Morgan fingerprint density at radius 1 is 1.44 bits per heavy atom. The van der Waals surface area contributed by atoms with E-state index in [9.17, 15) is 9.90 Å².